The molecule has 1 rings (SSSR count). The molecule has 0 spiro atoms. The van der Waals surface area contributed by atoms with Gasteiger partial charge in [0.1, 0.15) is 0 Å². The Morgan fingerprint density at radius 1 is 0.947 bits per heavy atom. The van der Waals surface area contributed by atoms with Crippen LogP contribution in [0.15, 0.2) is 12.4 Å². The van der Waals surface area contributed by atoms with Crippen LogP contribution >= 0.6 is 0 Å². The van der Waals surface area contributed by atoms with E-state index in [4.69, 9.17) is 0 Å². The van der Waals surface area contributed by atoms with Crippen molar-refractivity contribution in [3.05, 3.63) is 12.4 Å². The Morgan fingerprint density at radius 3 is 1.63 bits per heavy atom. The summed E-state index contributed by atoms with van der Waals surface area (Å²) in [6.07, 6.45) is 7.16. The Kier molecular flexibility index (Phi) is 4.78. The third-order valence-corrected chi connectivity index (χ3v) is 8.97. The molecule has 0 aromatic rings. The first kappa shape index (κ1) is 16.6. The number of unbranched alkanes of at least 4 members (excludes halogenated alkanes) is 1. The second-order valence-electron chi connectivity index (χ2n) is 7.55. The van der Waals surface area contributed by atoms with E-state index in [1.54, 1.807) is 0 Å². The summed E-state index contributed by atoms with van der Waals surface area (Å²) in [5.74, 6) is 0. The molecule has 4 heteroatoms. The molecule has 0 saturated carbocycles. The predicted octanol–water partition coefficient (Wildman–Crippen LogP) is 3.63. The molecule has 0 radical (unpaired) electrons. The molecule has 1 aliphatic rings. The van der Waals surface area contributed by atoms with E-state index >= 15 is 0 Å². The molecule has 0 bridgehead atoms. The van der Waals surface area contributed by atoms with Crippen LogP contribution in [0.25, 0.3) is 0 Å². The molecular weight excluding hydrogens is 250 g/mol. The van der Waals surface area contributed by atoms with Crippen LogP contribution in [0, 0.1) is 0 Å². The molecular formula is C15H33N3Si. The van der Waals surface area contributed by atoms with E-state index in [1.165, 1.54) is 18.9 Å². The summed E-state index contributed by atoms with van der Waals surface area (Å²) in [7, 11) is 0.294. The first-order valence-corrected chi connectivity index (χ1v) is 9.66. The molecule has 0 aromatic heterocycles. The van der Waals surface area contributed by atoms with Gasteiger partial charge in [0.05, 0.1) is 0 Å². The lowest BCUT2D eigenvalue weighted by Gasteiger charge is -2.52. The standard InChI is InChI=1S/C15H33N3Si/c1-9-10-13-19(16-8)17(14(2,3)4)11-12-18(19)15(5,6)7/h11-12,16H,9-10,13H2,1-8H3. The van der Waals surface area contributed by atoms with Crippen molar-refractivity contribution in [3.63, 3.8) is 0 Å². The normalized spacial score (nSPS) is 19.4. The van der Waals surface area contributed by atoms with E-state index in [0.717, 1.165) is 0 Å². The molecule has 1 N–H and O–H groups in total. The minimum absolute atomic E-state index is 0.166. The maximum Gasteiger partial charge on any atom is 0.346 e. The van der Waals surface area contributed by atoms with Gasteiger partial charge in [-0.3, -0.25) is 0 Å². The fourth-order valence-electron chi connectivity index (χ4n) is 3.08. The van der Waals surface area contributed by atoms with Gasteiger partial charge < -0.3 is 14.1 Å². The van der Waals surface area contributed by atoms with Crippen molar-refractivity contribution in [1.29, 1.82) is 0 Å². The van der Waals surface area contributed by atoms with Crippen LogP contribution in [0.3, 0.4) is 0 Å². The Labute approximate surface area is 121 Å². The van der Waals surface area contributed by atoms with Gasteiger partial charge in [-0.2, -0.15) is 0 Å². The maximum atomic E-state index is 3.75. The highest BCUT2D eigenvalue weighted by Crippen LogP contribution is 2.37. The van der Waals surface area contributed by atoms with Gasteiger partial charge in [-0.1, -0.05) is 19.8 Å². The highest BCUT2D eigenvalue weighted by Gasteiger charge is 2.53. The largest absolute Gasteiger partial charge is 0.369 e. The van der Waals surface area contributed by atoms with E-state index in [-0.39, 0.29) is 11.1 Å². The minimum atomic E-state index is -1.85. The zero-order chi connectivity index (χ0) is 14.9. The zero-order valence-corrected chi connectivity index (χ0v) is 15.2. The number of hydrogen-bond acceptors (Lipinski definition) is 3. The molecule has 0 fully saturated rings. The molecule has 3 nitrogen and oxygen atoms in total. The van der Waals surface area contributed by atoms with Gasteiger partial charge in [-0.25, -0.2) is 0 Å². The molecule has 0 amide bonds. The van der Waals surface area contributed by atoms with Crippen LogP contribution in [0.5, 0.6) is 0 Å². The van der Waals surface area contributed by atoms with Gasteiger partial charge in [0.25, 0.3) is 0 Å². The van der Waals surface area contributed by atoms with Gasteiger partial charge in [0.15, 0.2) is 0 Å². The van der Waals surface area contributed by atoms with Crippen molar-refractivity contribution in [2.45, 2.75) is 78.4 Å². The van der Waals surface area contributed by atoms with Crippen molar-refractivity contribution in [1.82, 2.24) is 14.1 Å². The average Bonchev–Trinajstić information content (AvgIpc) is 2.65. The van der Waals surface area contributed by atoms with E-state index in [9.17, 15) is 0 Å². The number of nitrogens with zero attached hydrogens (tertiary/aromatic N) is 2. The topological polar surface area (TPSA) is 18.5 Å². The number of hydrogen-bond donors (Lipinski definition) is 1. The molecule has 19 heavy (non-hydrogen) atoms. The van der Waals surface area contributed by atoms with Crippen molar-refractivity contribution >= 4 is 8.56 Å². The summed E-state index contributed by atoms with van der Waals surface area (Å²) in [5.41, 5.74) is 0.332. The van der Waals surface area contributed by atoms with Crippen molar-refractivity contribution in [3.8, 4) is 0 Å². The lowest BCUT2D eigenvalue weighted by atomic mass is 10.1. The lowest BCUT2D eigenvalue weighted by Crippen LogP contribution is -2.74. The first-order chi connectivity index (χ1) is 8.59. The van der Waals surface area contributed by atoms with E-state index in [0.29, 0.717) is 0 Å². The molecule has 0 saturated heterocycles. The van der Waals surface area contributed by atoms with Gasteiger partial charge >= 0.3 is 8.56 Å². The van der Waals surface area contributed by atoms with Gasteiger partial charge in [-0.05, 0) is 54.6 Å². The Balaban J connectivity index is 3.18. The molecule has 0 aliphatic carbocycles. The van der Waals surface area contributed by atoms with Crippen molar-refractivity contribution in [2.24, 2.45) is 0 Å². The molecule has 0 unspecified atom stereocenters. The SMILES string of the molecule is CCCC[Si]1(NC)N(C(C)(C)C)C=CN1C(C)(C)C. The third kappa shape index (κ3) is 3.16. The van der Waals surface area contributed by atoms with E-state index in [2.05, 4.69) is 82.0 Å². The summed E-state index contributed by atoms with van der Waals surface area (Å²) in [6.45, 7) is 16.2. The summed E-state index contributed by atoms with van der Waals surface area (Å²) in [6, 6.07) is 1.27. The average molecular weight is 284 g/mol. The number of rotatable bonds is 4. The zero-order valence-electron chi connectivity index (χ0n) is 14.2. The summed E-state index contributed by atoms with van der Waals surface area (Å²) >= 11 is 0. The second kappa shape index (κ2) is 5.48. The fraction of sp³-hybridized carbons (Fsp3) is 0.867. The molecule has 0 aromatic carbocycles. The van der Waals surface area contributed by atoms with Gasteiger partial charge in [-0.15, -0.1) is 0 Å². The van der Waals surface area contributed by atoms with Crippen molar-refractivity contribution < 1.29 is 0 Å². The third-order valence-electron chi connectivity index (χ3n) is 3.89. The lowest BCUT2D eigenvalue weighted by molar-refractivity contribution is 0.253. The van der Waals surface area contributed by atoms with E-state index in [1.807, 2.05) is 0 Å². The smallest absolute Gasteiger partial charge is 0.346 e. The van der Waals surface area contributed by atoms with E-state index < -0.39 is 8.56 Å². The molecule has 1 heterocycles. The van der Waals surface area contributed by atoms with Crippen LogP contribution in [-0.4, -0.2) is 35.8 Å². The fourth-order valence-corrected chi connectivity index (χ4v) is 8.22. The van der Waals surface area contributed by atoms with Crippen LogP contribution in [0.2, 0.25) is 6.04 Å². The molecule has 112 valence electrons. The monoisotopic (exact) mass is 283 g/mol. The molecule has 0 atom stereocenters. The highest BCUT2D eigenvalue weighted by molar-refractivity contribution is 6.73. The maximum absolute atomic E-state index is 3.75. The van der Waals surface area contributed by atoms with Gasteiger partial charge in [0.2, 0.25) is 0 Å². The number of nitrogens with one attached hydrogen (secondary N) is 1. The van der Waals surface area contributed by atoms with Crippen molar-refractivity contribution in [2.75, 3.05) is 7.05 Å². The Hall–Kier alpha value is -0.483. The highest BCUT2D eigenvalue weighted by atomic mass is 28.4. The summed E-state index contributed by atoms with van der Waals surface area (Å²) in [5, 5.41) is 0. The predicted molar refractivity (Wildman–Crippen MR) is 86.9 cm³/mol. The summed E-state index contributed by atoms with van der Waals surface area (Å²) < 4.78 is 5.22. The Morgan fingerprint density at radius 2 is 1.37 bits per heavy atom. The quantitative estimate of drug-likeness (QED) is 0.795. The van der Waals surface area contributed by atoms with Crippen LogP contribution in [0.1, 0.15) is 61.3 Å². The van der Waals surface area contributed by atoms with Crippen LogP contribution < -0.4 is 4.98 Å². The van der Waals surface area contributed by atoms with Crippen LogP contribution in [-0.2, 0) is 0 Å². The minimum Gasteiger partial charge on any atom is -0.369 e. The second-order valence-corrected chi connectivity index (χ2v) is 11.1. The Bertz CT molecular complexity index is 301. The van der Waals surface area contributed by atoms with Gasteiger partial charge in [0, 0.05) is 23.5 Å². The van der Waals surface area contributed by atoms with Crippen LogP contribution in [0.4, 0.5) is 0 Å². The first-order valence-electron chi connectivity index (χ1n) is 7.55. The summed E-state index contributed by atoms with van der Waals surface area (Å²) in [4.78, 5) is 3.75. The molecule has 1 aliphatic heterocycles.